The van der Waals surface area contributed by atoms with Gasteiger partial charge >= 0.3 is 0 Å². The van der Waals surface area contributed by atoms with E-state index in [1.54, 1.807) is 23.0 Å². The number of hydrogen-bond donors (Lipinski definition) is 1. The first-order valence-corrected chi connectivity index (χ1v) is 6.53. The number of nitrogens with zero attached hydrogens (tertiary/aromatic N) is 1. The SMILES string of the molecule is O=C(CCCCBr)NCc1cncs1. The minimum absolute atomic E-state index is 0.124. The molecule has 0 spiro atoms. The lowest BCUT2D eigenvalue weighted by molar-refractivity contribution is -0.121. The van der Waals surface area contributed by atoms with Gasteiger partial charge in [0, 0.05) is 22.8 Å². The fourth-order valence-corrected chi connectivity index (χ4v) is 1.91. The number of amides is 1. The molecule has 0 atom stereocenters. The van der Waals surface area contributed by atoms with Crippen LogP contribution in [0.5, 0.6) is 0 Å². The van der Waals surface area contributed by atoms with Crippen molar-refractivity contribution in [3.8, 4) is 0 Å². The number of hydrogen-bond acceptors (Lipinski definition) is 3. The van der Waals surface area contributed by atoms with Crippen molar-refractivity contribution in [1.29, 1.82) is 0 Å². The predicted octanol–water partition coefficient (Wildman–Crippen LogP) is 2.32. The van der Waals surface area contributed by atoms with Gasteiger partial charge in [-0.15, -0.1) is 11.3 Å². The van der Waals surface area contributed by atoms with Crippen LogP contribution in [-0.4, -0.2) is 16.2 Å². The highest BCUT2D eigenvalue weighted by Gasteiger charge is 2.01. The first kappa shape index (κ1) is 11.7. The zero-order chi connectivity index (χ0) is 10.2. The van der Waals surface area contributed by atoms with Gasteiger partial charge in [-0.05, 0) is 12.8 Å². The molecule has 0 radical (unpaired) electrons. The highest BCUT2D eigenvalue weighted by molar-refractivity contribution is 9.09. The van der Waals surface area contributed by atoms with Crippen LogP contribution in [0.3, 0.4) is 0 Å². The fourth-order valence-electron chi connectivity index (χ4n) is 0.984. The summed E-state index contributed by atoms with van der Waals surface area (Å²) in [6.07, 6.45) is 4.39. The summed E-state index contributed by atoms with van der Waals surface area (Å²) >= 11 is 4.89. The molecule has 1 heterocycles. The zero-order valence-corrected chi connectivity index (χ0v) is 10.2. The van der Waals surface area contributed by atoms with Crippen LogP contribution in [0.4, 0.5) is 0 Å². The lowest BCUT2D eigenvalue weighted by atomic mass is 10.2. The molecule has 1 N–H and O–H groups in total. The maximum absolute atomic E-state index is 11.3. The topological polar surface area (TPSA) is 42.0 Å². The second-order valence-corrected chi connectivity index (χ2v) is 4.65. The van der Waals surface area contributed by atoms with E-state index < -0.39 is 0 Å². The molecule has 0 fully saturated rings. The summed E-state index contributed by atoms with van der Waals surface area (Å²) in [5.41, 5.74) is 1.77. The molecule has 1 amide bonds. The molecule has 78 valence electrons. The van der Waals surface area contributed by atoms with Crippen LogP contribution in [-0.2, 0) is 11.3 Å². The molecule has 0 saturated carbocycles. The van der Waals surface area contributed by atoms with E-state index in [0.717, 1.165) is 23.0 Å². The maximum Gasteiger partial charge on any atom is 0.220 e. The Labute approximate surface area is 96.1 Å². The summed E-state index contributed by atoms with van der Waals surface area (Å²) in [6.45, 7) is 0.609. The minimum atomic E-state index is 0.124. The van der Waals surface area contributed by atoms with Crippen molar-refractivity contribution in [1.82, 2.24) is 10.3 Å². The minimum Gasteiger partial charge on any atom is -0.351 e. The van der Waals surface area contributed by atoms with Gasteiger partial charge in [0.05, 0.1) is 12.1 Å². The summed E-state index contributed by atoms with van der Waals surface area (Å²) in [4.78, 5) is 16.3. The Balaban J connectivity index is 2.09. The van der Waals surface area contributed by atoms with E-state index in [2.05, 4.69) is 26.2 Å². The smallest absolute Gasteiger partial charge is 0.220 e. The van der Waals surface area contributed by atoms with Gasteiger partial charge < -0.3 is 5.32 Å². The van der Waals surface area contributed by atoms with Gasteiger partial charge in [-0.1, -0.05) is 15.9 Å². The number of rotatable bonds is 6. The number of alkyl halides is 1. The number of halogens is 1. The Morgan fingerprint density at radius 1 is 1.57 bits per heavy atom. The van der Waals surface area contributed by atoms with Crippen molar-refractivity contribution < 1.29 is 4.79 Å². The van der Waals surface area contributed by atoms with Crippen LogP contribution >= 0.6 is 27.3 Å². The molecule has 0 unspecified atom stereocenters. The van der Waals surface area contributed by atoms with Crippen molar-refractivity contribution in [3.05, 3.63) is 16.6 Å². The molecule has 0 bridgehead atoms. The van der Waals surface area contributed by atoms with E-state index in [4.69, 9.17) is 0 Å². The molecular formula is C9H13BrN2OS. The van der Waals surface area contributed by atoms with Gasteiger partial charge in [0.15, 0.2) is 0 Å². The second-order valence-electron chi connectivity index (χ2n) is 2.89. The van der Waals surface area contributed by atoms with E-state index in [9.17, 15) is 4.79 Å². The first-order chi connectivity index (χ1) is 6.83. The van der Waals surface area contributed by atoms with Crippen LogP contribution in [0.15, 0.2) is 11.7 Å². The molecule has 0 aliphatic rings. The molecular weight excluding hydrogens is 264 g/mol. The molecule has 5 heteroatoms. The van der Waals surface area contributed by atoms with E-state index in [-0.39, 0.29) is 5.91 Å². The molecule has 0 aromatic carbocycles. The van der Waals surface area contributed by atoms with Gasteiger partial charge in [-0.3, -0.25) is 9.78 Å². The van der Waals surface area contributed by atoms with E-state index in [1.807, 2.05) is 0 Å². The largest absolute Gasteiger partial charge is 0.351 e. The van der Waals surface area contributed by atoms with E-state index >= 15 is 0 Å². The van der Waals surface area contributed by atoms with E-state index in [0.29, 0.717) is 13.0 Å². The van der Waals surface area contributed by atoms with Gasteiger partial charge in [0.2, 0.25) is 5.91 Å². The molecule has 14 heavy (non-hydrogen) atoms. The number of nitrogens with one attached hydrogen (secondary N) is 1. The second kappa shape index (κ2) is 6.95. The summed E-state index contributed by atoms with van der Waals surface area (Å²) in [7, 11) is 0. The van der Waals surface area contributed by atoms with Crippen LogP contribution < -0.4 is 5.32 Å². The highest BCUT2D eigenvalue weighted by atomic mass is 79.9. The quantitative estimate of drug-likeness (QED) is 0.640. The summed E-state index contributed by atoms with van der Waals surface area (Å²) in [5, 5.41) is 3.83. The average Bonchev–Trinajstić information content (AvgIpc) is 2.68. The summed E-state index contributed by atoms with van der Waals surface area (Å²) in [6, 6.07) is 0. The van der Waals surface area contributed by atoms with Gasteiger partial charge in [0.25, 0.3) is 0 Å². The third-order valence-corrected chi connectivity index (χ3v) is 3.07. The van der Waals surface area contributed by atoms with Crippen LogP contribution in [0.2, 0.25) is 0 Å². The monoisotopic (exact) mass is 276 g/mol. The van der Waals surface area contributed by atoms with E-state index in [1.165, 1.54) is 0 Å². The lowest BCUT2D eigenvalue weighted by Gasteiger charge is -2.01. The Morgan fingerprint density at radius 2 is 2.43 bits per heavy atom. The highest BCUT2D eigenvalue weighted by Crippen LogP contribution is 2.04. The van der Waals surface area contributed by atoms with Gasteiger partial charge in [-0.2, -0.15) is 0 Å². The summed E-state index contributed by atoms with van der Waals surface area (Å²) in [5.74, 6) is 0.124. The number of thiazole rings is 1. The lowest BCUT2D eigenvalue weighted by Crippen LogP contribution is -2.21. The van der Waals surface area contributed by atoms with Crippen LogP contribution in [0, 0.1) is 0 Å². The zero-order valence-electron chi connectivity index (χ0n) is 7.83. The fraction of sp³-hybridized carbons (Fsp3) is 0.556. The molecule has 1 rings (SSSR count). The average molecular weight is 277 g/mol. The molecule has 0 aliphatic heterocycles. The number of carbonyl (C=O) groups excluding carboxylic acids is 1. The maximum atomic E-state index is 11.3. The number of carbonyl (C=O) groups is 1. The standard InChI is InChI=1S/C9H13BrN2OS/c10-4-2-1-3-9(13)12-6-8-5-11-7-14-8/h5,7H,1-4,6H2,(H,12,13). The normalized spacial score (nSPS) is 10.1. The Bertz CT molecular complexity index is 264. The molecule has 1 aromatic heterocycles. The van der Waals surface area contributed by atoms with Crippen molar-refractivity contribution in [3.63, 3.8) is 0 Å². The van der Waals surface area contributed by atoms with Gasteiger partial charge in [-0.25, -0.2) is 0 Å². The van der Waals surface area contributed by atoms with Crippen LogP contribution in [0.25, 0.3) is 0 Å². The van der Waals surface area contributed by atoms with Crippen molar-refractivity contribution in [2.75, 3.05) is 5.33 Å². The molecule has 0 aliphatic carbocycles. The third kappa shape index (κ3) is 4.72. The van der Waals surface area contributed by atoms with Crippen molar-refractivity contribution in [2.24, 2.45) is 0 Å². The van der Waals surface area contributed by atoms with Crippen molar-refractivity contribution >= 4 is 33.2 Å². The Hall–Kier alpha value is -0.420. The number of unbranched alkanes of at least 4 members (excludes halogenated alkanes) is 1. The van der Waals surface area contributed by atoms with Crippen molar-refractivity contribution in [2.45, 2.75) is 25.8 Å². The third-order valence-electron chi connectivity index (χ3n) is 1.73. The summed E-state index contributed by atoms with van der Waals surface area (Å²) < 4.78 is 0. The number of aromatic nitrogens is 1. The Morgan fingerprint density at radius 3 is 3.07 bits per heavy atom. The van der Waals surface area contributed by atoms with Gasteiger partial charge in [0.1, 0.15) is 0 Å². The first-order valence-electron chi connectivity index (χ1n) is 4.53. The Kier molecular flexibility index (Phi) is 5.78. The van der Waals surface area contributed by atoms with Crippen LogP contribution in [0.1, 0.15) is 24.1 Å². The molecule has 1 aromatic rings. The molecule has 3 nitrogen and oxygen atoms in total. The molecule has 0 saturated heterocycles. The predicted molar refractivity (Wildman–Crippen MR) is 61.6 cm³/mol.